The van der Waals surface area contributed by atoms with E-state index in [4.69, 9.17) is 15.2 Å². The van der Waals surface area contributed by atoms with Crippen LogP contribution in [0.3, 0.4) is 0 Å². The van der Waals surface area contributed by atoms with Crippen LogP contribution in [0.15, 0.2) is 42.5 Å². The molecule has 106 valence electrons. The number of benzene rings is 2. The highest BCUT2D eigenvalue weighted by molar-refractivity contribution is 5.40. The summed E-state index contributed by atoms with van der Waals surface area (Å²) in [7, 11) is 1.67. The molecule has 0 radical (unpaired) electrons. The fourth-order valence-electron chi connectivity index (χ4n) is 2.12. The van der Waals surface area contributed by atoms with Gasteiger partial charge in [0.25, 0.3) is 0 Å². The van der Waals surface area contributed by atoms with Gasteiger partial charge < -0.3 is 15.2 Å². The molecule has 0 fully saturated rings. The van der Waals surface area contributed by atoms with Gasteiger partial charge in [-0.2, -0.15) is 0 Å². The predicted octanol–water partition coefficient (Wildman–Crippen LogP) is 3.60. The van der Waals surface area contributed by atoms with Gasteiger partial charge in [0, 0.05) is 17.2 Å². The number of para-hydroxylation sites is 1. The largest absolute Gasteiger partial charge is 0.496 e. The van der Waals surface area contributed by atoms with Gasteiger partial charge >= 0.3 is 0 Å². The summed E-state index contributed by atoms with van der Waals surface area (Å²) in [6.45, 7) is 4.47. The van der Waals surface area contributed by atoms with Crippen molar-refractivity contribution >= 4 is 0 Å². The minimum atomic E-state index is -0.0525. The van der Waals surface area contributed by atoms with E-state index < -0.39 is 0 Å². The highest BCUT2D eigenvalue weighted by atomic mass is 16.5. The molecule has 0 aliphatic heterocycles. The van der Waals surface area contributed by atoms with Crippen molar-refractivity contribution in [2.24, 2.45) is 5.73 Å². The van der Waals surface area contributed by atoms with E-state index in [0.29, 0.717) is 6.61 Å². The van der Waals surface area contributed by atoms with E-state index in [2.05, 4.69) is 6.07 Å². The van der Waals surface area contributed by atoms with Crippen LogP contribution in [-0.2, 0) is 6.61 Å². The highest BCUT2D eigenvalue weighted by Crippen LogP contribution is 2.27. The van der Waals surface area contributed by atoms with Crippen molar-refractivity contribution in [2.45, 2.75) is 26.5 Å². The molecule has 2 N–H and O–H groups in total. The number of hydrogen-bond donors (Lipinski definition) is 1. The van der Waals surface area contributed by atoms with Crippen molar-refractivity contribution in [1.29, 1.82) is 0 Å². The van der Waals surface area contributed by atoms with E-state index in [9.17, 15) is 0 Å². The summed E-state index contributed by atoms with van der Waals surface area (Å²) < 4.78 is 11.3. The molecule has 2 aromatic carbocycles. The third-order valence-corrected chi connectivity index (χ3v) is 3.24. The Kier molecular flexibility index (Phi) is 4.64. The number of aryl methyl sites for hydroxylation is 1. The zero-order chi connectivity index (χ0) is 14.5. The molecule has 3 heteroatoms. The summed E-state index contributed by atoms with van der Waals surface area (Å²) in [5.74, 6) is 1.67. The Balaban J connectivity index is 2.20. The normalized spacial score (nSPS) is 12.0. The Morgan fingerprint density at radius 2 is 1.85 bits per heavy atom. The molecule has 0 bridgehead atoms. The number of nitrogens with two attached hydrogens (primary N) is 1. The first-order valence-corrected chi connectivity index (χ1v) is 6.72. The maximum absolute atomic E-state index is 5.98. The summed E-state index contributed by atoms with van der Waals surface area (Å²) in [5, 5.41) is 0. The van der Waals surface area contributed by atoms with Gasteiger partial charge in [-0.25, -0.2) is 0 Å². The van der Waals surface area contributed by atoms with Gasteiger partial charge in [0.15, 0.2) is 0 Å². The fourth-order valence-corrected chi connectivity index (χ4v) is 2.12. The lowest BCUT2D eigenvalue weighted by Crippen LogP contribution is -2.08. The summed E-state index contributed by atoms with van der Waals surface area (Å²) in [4.78, 5) is 0. The second-order valence-corrected chi connectivity index (χ2v) is 4.93. The predicted molar refractivity (Wildman–Crippen MR) is 81.1 cm³/mol. The van der Waals surface area contributed by atoms with Crippen LogP contribution in [0.5, 0.6) is 11.5 Å². The smallest absolute Gasteiger partial charge is 0.125 e. The molecule has 0 spiro atoms. The average molecular weight is 271 g/mol. The molecule has 0 saturated heterocycles. The van der Waals surface area contributed by atoms with Crippen molar-refractivity contribution in [3.8, 4) is 11.5 Å². The average Bonchev–Trinajstić information content (AvgIpc) is 2.45. The van der Waals surface area contributed by atoms with Crippen molar-refractivity contribution in [2.75, 3.05) is 7.11 Å². The molecule has 0 saturated carbocycles. The van der Waals surface area contributed by atoms with Crippen molar-refractivity contribution < 1.29 is 9.47 Å². The molecule has 0 aliphatic carbocycles. The Morgan fingerprint density at radius 1 is 1.10 bits per heavy atom. The lowest BCUT2D eigenvalue weighted by atomic mass is 10.1. The minimum Gasteiger partial charge on any atom is -0.496 e. The molecular formula is C17H21NO2. The van der Waals surface area contributed by atoms with Crippen molar-refractivity contribution in [3.05, 3.63) is 59.2 Å². The quantitative estimate of drug-likeness (QED) is 0.903. The lowest BCUT2D eigenvalue weighted by Gasteiger charge is -2.16. The molecule has 0 aromatic heterocycles. The first-order valence-electron chi connectivity index (χ1n) is 6.72. The summed E-state index contributed by atoms with van der Waals surface area (Å²) in [6, 6.07) is 13.9. The van der Waals surface area contributed by atoms with Gasteiger partial charge in [-0.05, 0) is 31.5 Å². The third-order valence-electron chi connectivity index (χ3n) is 3.24. The van der Waals surface area contributed by atoms with Crippen LogP contribution in [0, 0.1) is 6.92 Å². The zero-order valence-corrected chi connectivity index (χ0v) is 12.2. The zero-order valence-electron chi connectivity index (χ0n) is 12.2. The van der Waals surface area contributed by atoms with Gasteiger partial charge in [0.05, 0.1) is 7.11 Å². The summed E-state index contributed by atoms with van der Waals surface area (Å²) >= 11 is 0. The molecule has 1 atom stereocenters. The minimum absolute atomic E-state index is 0.0525. The molecule has 0 unspecified atom stereocenters. The summed E-state index contributed by atoms with van der Waals surface area (Å²) in [6.07, 6.45) is 0. The van der Waals surface area contributed by atoms with E-state index in [1.165, 1.54) is 0 Å². The maximum Gasteiger partial charge on any atom is 0.125 e. The second kappa shape index (κ2) is 6.44. The number of ether oxygens (including phenoxy) is 2. The Labute approximate surface area is 120 Å². The third kappa shape index (κ3) is 3.31. The molecule has 20 heavy (non-hydrogen) atoms. The fraction of sp³-hybridized carbons (Fsp3) is 0.294. The second-order valence-electron chi connectivity index (χ2n) is 4.93. The molecule has 0 heterocycles. The molecule has 0 amide bonds. The Hall–Kier alpha value is -2.00. The lowest BCUT2D eigenvalue weighted by molar-refractivity contribution is 0.292. The van der Waals surface area contributed by atoms with Crippen LogP contribution < -0.4 is 15.2 Å². The Bertz CT molecular complexity index is 579. The van der Waals surface area contributed by atoms with E-state index >= 15 is 0 Å². The van der Waals surface area contributed by atoms with Gasteiger partial charge in [-0.15, -0.1) is 0 Å². The van der Waals surface area contributed by atoms with Gasteiger partial charge in [0.2, 0.25) is 0 Å². The highest BCUT2D eigenvalue weighted by Gasteiger charge is 2.10. The Morgan fingerprint density at radius 3 is 2.55 bits per heavy atom. The molecule has 2 aromatic rings. The van der Waals surface area contributed by atoms with Crippen LogP contribution >= 0.6 is 0 Å². The first kappa shape index (κ1) is 14.4. The van der Waals surface area contributed by atoms with E-state index in [-0.39, 0.29) is 6.04 Å². The van der Waals surface area contributed by atoms with Crippen LogP contribution in [0.1, 0.15) is 29.7 Å². The standard InChI is InChI=1S/C17H21NO2/c1-12-8-9-15(13(2)18)17(10-12)20-11-14-6-4-5-7-16(14)19-3/h4-10,13H,11,18H2,1-3H3/t13-/m0/s1. The molecule has 3 nitrogen and oxygen atoms in total. The topological polar surface area (TPSA) is 44.5 Å². The van der Waals surface area contributed by atoms with Crippen LogP contribution in [-0.4, -0.2) is 7.11 Å². The molecular weight excluding hydrogens is 250 g/mol. The number of rotatable bonds is 5. The number of methoxy groups -OCH3 is 1. The SMILES string of the molecule is COc1ccccc1COc1cc(C)ccc1[C@H](C)N. The molecule has 0 aliphatic rings. The van der Waals surface area contributed by atoms with Gasteiger partial charge in [-0.1, -0.05) is 30.3 Å². The molecule has 2 rings (SSSR count). The van der Waals surface area contributed by atoms with E-state index in [1.807, 2.05) is 50.2 Å². The van der Waals surface area contributed by atoms with Crippen molar-refractivity contribution in [3.63, 3.8) is 0 Å². The monoisotopic (exact) mass is 271 g/mol. The summed E-state index contributed by atoms with van der Waals surface area (Å²) in [5.41, 5.74) is 9.18. The first-order chi connectivity index (χ1) is 9.61. The van der Waals surface area contributed by atoms with E-state index in [0.717, 1.165) is 28.2 Å². The van der Waals surface area contributed by atoms with E-state index in [1.54, 1.807) is 7.11 Å². The van der Waals surface area contributed by atoms with Crippen molar-refractivity contribution in [1.82, 2.24) is 0 Å². The van der Waals surface area contributed by atoms with Crippen LogP contribution in [0.25, 0.3) is 0 Å². The maximum atomic E-state index is 5.98. The van der Waals surface area contributed by atoms with Crippen LogP contribution in [0.4, 0.5) is 0 Å². The van der Waals surface area contributed by atoms with Crippen LogP contribution in [0.2, 0.25) is 0 Å². The van der Waals surface area contributed by atoms with Gasteiger partial charge in [-0.3, -0.25) is 0 Å². The van der Waals surface area contributed by atoms with Gasteiger partial charge in [0.1, 0.15) is 18.1 Å². The number of hydrogen-bond acceptors (Lipinski definition) is 3.